The van der Waals surface area contributed by atoms with Crippen LogP contribution in [0.4, 0.5) is 0 Å². The number of carboxylic acid groups (broad SMARTS) is 1. The van der Waals surface area contributed by atoms with Crippen molar-refractivity contribution in [1.29, 1.82) is 0 Å². The predicted molar refractivity (Wildman–Crippen MR) is 51.4 cm³/mol. The summed E-state index contributed by atoms with van der Waals surface area (Å²) in [5.74, 6) is -1.41. The smallest absolute Gasteiger partial charge is 0.306 e. The normalized spacial score (nSPS) is 13.9. The van der Waals surface area contributed by atoms with Crippen LogP contribution in [-0.2, 0) is 19.1 Å². The first-order chi connectivity index (χ1) is 6.37. The fraction of sp³-hybridized carbons (Fsp3) is 0.875. The second kappa shape index (κ2) is 5.98. The molecule has 0 aliphatic rings. The van der Waals surface area contributed by atoms with Gasteiger partial charge in [-0.25, -0.2) is 0 Å². The molecule has 0 fully saturated rings. The maximum atomic E-state index is 10.6. The molecule has 0 spiro atoms. The summed E-state index contributed by atoms with van der Waals surface area (Å²) in [6.45, 7) is 1.82. The molecule has 0 saturated heterocycles. The highest BCUT2D eigenvalue weighted by Gasteiger charge is 2.16. The first kappa shape index (κ1) is 13.4. The summed E-state index contributed by atoms with van der Waals surface area (Å²) in [6.07, 6.45) is 2.48. The average molecular weight is 224 g/mol. The lowest BCUT2D eigenvalue weighted by molar-refractivity contribution is -0.142. The molecule has 84 valence electrons. The lowest BCUT2D eigenvalue weighted by atomic mass is 10.0. The van der Waals surface area contributed by atoms with Gasteiger partial charge in [-0.05, 0) is 12.8 Å². The van der Waals surface area contributed by atoms with Crippen LogP contribution in [0.2, 0.25) is 0 Å². The summed E-state index contributed by atoms with van der Waals surface area (Å²) >= 11 is 0. The van der Waals surface area contributed by atoms with Crippen molar-refractivity contribution in [1.82, 2.24) is 0 Å². The van der Waals surface area contributed by atoms with E-state index in [2.05, 4.69) is 4.18 Å². The highest BCUT2D eigenvalue weighted by Crippen LogP contribution is 2.11. The van der Waals surface area contributed by atoms with Gasteiger partial charge in [0.1, 0.15) is 0 Å². The minimum Gasteiger partial charge on any atom is -0.481 e. The van der Waals surface area contributed by atoms with Crippen LogP contribution >= 0.6 is 0 Å². The molecule has 0 aliphatic heterocycles. The molecule has 1 atom stereocenters. The first-order valence-electron chi connectivity index (χ1n) is 4.44. The Hall–Kier alpha value is -0.620. The van der Waals surface area contributed by atoms with Gasteiger partial charge in [0.15, 0.2) is 0 Å². The molecule has 14 heavy (non-hydrogen) atoms. The Morgan fingerprint density at radius 2 is 2.00 bits per heavy atom. The van der Waals surface area contributed by atoms with Gasteiger partial charge < -0.3 is 5.11 Å². The minimum absolute atomic E-state index is 0.0597. The fourth-order valence-corrected chi connectivity index (χ4v) is 1.48. The van der Waals surface area contributed by atoms with Gasteiger partial charge in [0.2, 0.25) is 0 Å². The van der Waals surface area contributed by atoms with E-state index in [4.69, 9.17) is 5.11 Å². The van der Waals surface area contributed by atoms with E-state index in [0.717, 1.165) is 12.7 Å². The van der Waals surface area contributed by atoms with E-state index in [9.17, 15) is 13.2 Å². The SMILES string of the molecule is CCC[C@H](CCOS(C)(=O)=O)C(=O)O. The molecule has 0 amide bonds. The molecule has 0 aliphatic carbocycles. The Kier molecular flexibility index (Phi) is 5.71. The van der Waals surface area contributed by atoms with Gasteiger partial charge in [-0.2, -0.15) is 8.42 Å². The molecule has 0 saturated carbocycles. The lowest BCUT2D eigenvalue weighted by Gasteiger charge is -2.09. The highest BCUT2D eigenvalue weighted by molar-refractivity contribution is 7.85. The summed E-state index contributed by atoms with van der Waals surface area (Å²) < 4.78 is 25.6. The van der Waals surface area contributed by atoms with Crippen molar-refractivity contribution in [2.75, 3.05) is 12.9 Å². The molecule has 1 N–H and O–H groups in total. The third kappa shape index (κ3) is 6.85. The molecule has 0 rings (SSSR count). The van der Waals surface area contributed by atoms with Gasteiger partial charge >= 0.3 is 5.97 Å². The van der Waals surface area contributed by atoms with E-state index in [-0.39, 0.29) is 13.0 Å². The van der Waals surface area contributed by atoms with Gasteiger partial charge in [0, 0.05) is 0 Å². The Morgan fingerprint density at radius 1 is 1.43 bits per heavy atom. The standard InChI is InChI=1S/C8H16O5S/c1-3-4-7(8(9)10)5-6-13-14(2,11)12/h7H,3-6H2,1-2H3,(H,9,10)/t7-/m1/s1. The Bertz CT molecular complexity index is 269. The van der Waals surface area contributed by atoms with Crippen LogP contribution < -0.4 is 0 Å². The molecule has 0 bridgehead atoms. The van der Waals surface area contributed by atoms with E-state index in [0.29, 0.717) is 6.42 Å². The van der Waals surface area contributed by atoms with Crippen LogP contribution in [0.3, 0.4) is 0 Å². The van der Waals surface area contributed by atoms with E-state index in [1.807, 2.05) is 6.92 Å². The molecule has 0 radical (unpaired) electrons. The first-order valence-corrected chi connectivity index (χ1v) is 6.25. The molecular formula is C8H16O5S. The summed E-state index contributed by atoms with van der Waals surface area (Å²) in [7, 11) is -3.45. The van der Waals surface area contributed by atoms with E-state index < -0.39 is 22.0 Å². The summed E-state index contributed by atoms with van der Waals surface area (Å²) in [5.41, 5.74) is 0. The maximum Gasteiger partial charge on any atom is 0.306 e. The van der Waals surface area contributed by atoms with Crippen molar-refractivity contribution in [2.45, 2.75) is 26.2 Å². The van der Waals surface area contributed by atoms with Crippen LogP contribution in [0.15, 0.2) is 0 Å². The number of carboxylic acids is 1. The summed E-state index contributed by atoms with van der Waals surface area (Å²) in [6, 6.07) is 0. The van der Waals surface area contributed by atoms with Crippen molar-refractivity contribution in [3.05, 3.63) is 0 Å². The molecular weight excluding hydrogens is 208 g/mol. The van der Waals surface area contributed by atoms with E-state index in [1.54, 1.807) is 0 Å². The maximum absolute atomic E-state index is 10.6. The van der Waals surface area contributed by atoms with Crippen LogP contribution in [0, 0.1) is 5.92 Å². The second-order valence-electron chi connectivity index (χ2n) is 3.14. The van der Waals surface area contributed by atoms with Crippen molar-refractivity contribution in [2.24, 2.45) is 5.92 Å². The highest BCUT2D eigenvalue weighted by atomic mass is 32.2. The monoisotopic (exact) mass is 224 g/mol. The van der Waals surface area contributed by atoms with Gasteiger partial charge in [0.25, 0.3) is 10.1 Å². The predicted octanol–water partition coefficient (Wildman–Crippen LogP) is 0.854. The van der Waals surface area contributed by atoms with Gasteiger partial charge in [-0.1, -0.05) is 13.3 Å². The minimum atomic E-state index is -3.45. The second-order valence-corrected chi connectivity index (χ2v) is 4.78. The molecule has 6 heteroatoms. The van der Waals surface area contributed by atoms with Gasteiger partial charge in [0.05, 0.1) is 18.8 Å². The number of hydrogen-bond acceptors (Lipinski definition) is 4. The molecule has 0 unspecified atom stereocenters. The van der Waals surface area contributed by atoms with Crippen LogP contribution in [-0.4, -0.2) is 32.4 Å². The van der Waals surface area contributed by atoms with Crippen LogP contribution in [0.25, 0.3) is 0 Å². The van der Waals surface area contributed by atoms with E-state index in [1.165, 1.54) is 0 Å². The number of aliphatic carboxylic acids is 1. The van der Waals surface area contributed by atoms with Gasteiger partial charge in [-0.3, -0.25) is 8.98 Å². The zero-order chi connectivity index (χ0) is 11.2. The quantitative estimate of drug-likeness (QED) is 0.648. The topological polar surface area (TPSA) is 80.7 Å². The number of hydrogen-bond donors (Lipinski definition) is 1. The van der Waals surface area contributed by atoms with Crippen molar-refractivity contribution < 1.29 is 22.5 Å². The van der Waals surface area contributed by atoms with Gasteiger partial charge in [-0.15, -0.1) is 0 Å². The Morgan fingerprint density at radius 3 is 2.36 bits per heavy atom. The largest absolute Gasteiger partial charge is 0.481 e. The Balaban J connectivity index is 3.89. The zero-order valence-electron chi connectivity index (χ0n) is 8.39. The van der Waals surface area contributed by atoms with Crippen molar-refractivity contribution in [3.63, 3.8) is 0 Å². The van der Waals surface area contributed by atoms with Crippen LogP contribution in [0.5, 0.6) is 0 Å². The summed E-state index contributed by atoms with van der Waals surface area (Å²) in [4.78, 5) is 10.6. The molecule has 0 aromatic rings. The zero-order valence-corrected chi connectivity index (χ0v) is 9.21. The summed E-state index contributed by atoms with van der Waals surface area (Å²) in [5, 5.41) is 8.73. The van der Waals surface area contributed by atoms with Crippen LogP contribution in [0.1, 0.15) is 26.2 Å². The Labute approximate surface area is 84.2 Å². The molecule has 0 aromatic heterocycles. The van der Waals surface area contributed by atoms with Crippen molar-refractivity contribution in [3.8, 4) is 0 Å². The average Bonchev–Trinajstić information content (AvgIpc) is 2.00. The number of rotatable bonds is 7. The molecule has 5 nitrogen and oxygen atoms in total. The number of carbonyl (C=O) groups is 1. The molecule has 0 heterocycles. The van der Waals surface area contributed by atoms with Crippen molar-refractivity contribution >= 4 is 16.1 Å². The third-order valence-electron chi connectivity index (χ3n) is 1.75. The molecule has 0 aromatic carbocycles. The third-order valence-corrected chi connectivity index (χ3v) is 2.34. The lowest BCUT2D eigenvalue weighted by Crippen LogP contribution is -2.17. The van der Waals surface area contributed by atoms with E-state index >= 15 is 0 Å². The fourth-order valence-electron chi connectivity index (χ4n) is 1.08.